The van der Waals surface area contributed by atoms with Crippen molar-refractivity contribution in [3.63, 3.8) is 0 Å². The van der Waals surface area contributed by atoms with Gasteiger partial charge in [0.2, 0.25) is 0 Å². The van der Waals surface area contributed by atoms with Gasteiger partial charge in [-0.05, 0) is 68.5 Å². The first kappa shape index (κ1) is 19.5. The maximum absolute atomic E-state index is 13.7. The summed E-state index contributed by atoms with van der Waals surface area (Å²) in [5.41, 5.74) is 2.21. The molecule has 2 aromatic heterocycles. The molecule has 3 fully saturated rings. The molecule has 3 aromatic rings. The van der Waals surface area contributed by atoms with E-state index in [1.54, 1.807) is 6.20 Å². The largest absolute Gasteiger partial charge is 0.383 e. The van der Waals surface area contributed by atoms with Gasteiger partial charge in [-0.25, -0.2) is 4.98 Å². The smallest absolute Gasteiger partial charge is 0.274 e. The molecule has 3 aliphatic rings. The summed E-state index contributed by atoms with van der Waals surface area (Å²) in [6, 6.07) is 13.5. The summed E-state index contributed by atoms with van der Waals surface area (Å²) in [6.07, 6.45) is 4.91. The van der Waals surface area contributed by atoms with Crippen LogP contribution < -0.4 is 5.32 Å². The molecule has 6 rings (SSSR count). The molecule has 30 heavy (non-hydrogen) atoms. The lowest BCUT2D eigenvalue weighted by atomic mass is 9.62. The van der Waals surface area contributed by atoms with Crippen LogP contribution in [0, 0.1) is 12.8 Å². The third-order valence-corrected chi connectivity index (χ3v) is 7.46. The quantitative estimate of drug-likeness (QED) is 0.589. The maximum Gasteiger partial charge on any atom is 0.274 e. The van der Waals surface area contributed by atoms with E-state index in [2.05, 4.69) is 20.2 Å². The minimum absolute atomic E-state index is 0.0241. The fourth-order valence-electron chi connectivity index (χ4n) is 4.75. The summed E-state index contributed by atoms with van der Waals surface area (Å²) in [5.74, 6) is 0.740. The highest BCUT2D eigenvalue weighted by Gasteiger charge is 2.54. The number of pyridine rings is 1. The number of piperidine rings is 2. The van der Waals surface area contributed by atoms with Crippen LogP contribution in [0.15, 0.2) is 48.7 Å². The first-order valence-corrected chi connectivity index (χ1v) is 11.4. The van der Waals surface area contributed by atoms with Gasteiger partial charge in [-0.2, -0.15) is 0 Å². The molecule has 4 heterocycles. The predicted octanol–water partition coefficient (Wildman–Crippen LogP) is 5.27. The van der Waals surface area contributed by atoms with Crippen LogP contribution in [0.5, 0.6) is 0 Å². The van der Waals surface area contributed by atoms with Crippen molar-refractivity contribution < 1.29 is 4.79 Å². The second-order valence-electron chi connectivity index (χ2n) is 8.23. The Morgan fingerprint density at radius 3 is 2.80 bits per heavy atom. The number of nitrogens with zero attached hydrogens (tertiary/aromatic N) is 3. The predicted molar refractivity (Wildman–Crippen MR) is 121 cm³/mol. The molecule has 1 N–H and O–H groups in total. The molecular formula is C23H23ClN4OS. The van der Waals surface area contributed by atoms with Gasteiger partial charge in [-0.3, -0.25) is 9.78 Å². The van der Waals surface area contributed by atoms with Gasteiger partial charge < -0.3 is 10.2 Å². The molecule has 1 saturated carbocycles. The highest BCUT2D eigenvalue weighted by molar-refractivity contribution is 7.15. The molecule has 154 valence electrons. The van der Waals surface area contributed by atoms with Crippen molar-refractivity contribution in [3.05, 3.63) is 64.4 Å². The molecule has 7 heteroatoms. The van der Waals surface area contributed by atoms with Gasteiger partial charge in [0.15, 0.2) is 0 Å². The number of amides is 1. The number of nitrogens with one attached hydrogen (secondary N) is 1. The van der Waals surface area contributed by atoms with E-state index < -0.39 is 0 Å². The molecule has 5 nitrogen and oxygen atoms in total. The fourth-order valence-corrected chi connectivity index (χ4v) is 5.76. The highest BCUT2D eigenvalue weighted by Crippen LogP contribution is 2.49. The Kier molecular flexibility index (Phi) is 4.99. The molecule has 2 aliphatic heterocycles. The van der Waals surface area contributed by atoms with Crippen molar-refractivity contribution in [2.24, 2.45) is 5.92 Å². The number of rotatable bonds is 5. The molecule has 0 radical (unpaired) electrons. The Morgan fingerprint density at radius 1 is 1.27 bits per heavy atom. The van der Waals surface area contributed by atoms with Gasteiger partial charge in [0, 0.05) is 30.0 Å². The van der Waals surface area contributed by atoms with Crippen molar-refractivity contribution in [3.8, 4) is 10.6 Å². The van der Waals surface area contributed by atoms with Crippen LogP contribution in [0.25, 0.3) is 10.6 Å². The number of aryl methyl sites for hydroxylation is 1. The number of hydrogen-bond donors (Lipinski definition) is 1. The zero-order valence-corrected chi connectivity index (χ0v) is 18.3. The van der Waals surface area contributed by atoms with Crippen LogP contribution in [0.4, 0.5) is 5.69 Å². The summed E-state index contributed by atoms with van der Waals surface area (Å²) in [6.45, 7) is 3.46. The molecule has 1 amide bonds. The van der Waals surface area contributed by atoms with E-state index in [0.29, 0.717) is 11.6 Å². The average Bonchev–Trinajstić information content (AvgIpc) is 3.14. The van der Waals surface area contributed by atoms with E-state index in [4.69, 9.17) is 11.6 Å². The van der Waals surface area contributed by atoms with E-state index in [1.165, 1.54) is 11.3 Å². The van der Waals surface area contributed by atoms with E-state index in [0.717, 1.165) is 58.6 Å². The van der Waals surface area contributed by atoms with Crippen molar-refractivity contribution in [1.29, 1.82) is 0 Å². The lowest BCUT2D eigenvalue weighted by Gasteiger charge is -2.59. The Bertz CT molecular complexity index is 1060. The minimum Gasteiger partial charge on any atom is -0.383 e. The van der Waals surface area contributed by atoms with E-state index in [1.807, 2.05) is 49.4 Å². The standard InChI is InChI=1S/C23H23ClN4OS/c1-15-27-20(21(30-15)19-4-2-3-10-25-19)22(29)28-11-9-16-12-23(28,13-16)14-26-18-7-5-17(24)6-8-18/h2-8,10,16,26H,9,11-14H2,1H3. The van der Waals surface area contributed by atoms with Gasteiger partial charge in [0.1, 0.15) is 5.69 Å². The van der Waals surface area contributed by atoms with Gasteiger partial charge >= 0.3 is 0 Å². The number of benzene rings is 1. The number of anilines is 1. The second kappa shape index (κ2) is 7.67. The molecule has 0 unspecified atom stereocenters. The molecule has 1 aliphatic carbocycles. The second-order valence-corrected chi connectivity index (χ2v) is 9.87. The van der Waals surface area contributed by atoms with Crippen molar-refractivity contribution >= 4 is 34.5 Å². The summed E-state index contributed by atoms with van der Waals surface area (Å²) in [5, 5.41) is 5.13. The molecule has 0 atom stereocenters. The molecule has 1 aromatic carbocycles. The van der Waals surface area contributed by atoms with E-state index in [-0.39, 0.29) is 11.4 Å². The summed E-state index contributed by atoms with van der Waals surface area (Å²) < 4.78 is 0. The van der Waals surface area contributed by atoms with Crippen molar-refractivity contribution in [2.45, 2.75) is 31.7 Å². The number of carbonyl (C=O) groups excluding carboxylic acids is 1. The Labute approximate surface area is 185 Å². The van der Waals surface area contributed by atoms with Crippen molar-refractivity contribution in [1.82, 2.24) is 14.9 Å². The van der Waals surface area contributed by atoms with Crippen LogP contribution in [-0.2, 0) is 0 Å². The lowest BCUT2D eigenvalue weighted by molar-refractivity contribution is -0.0489. The van der Waals surface area contributed by atoms with Gasteiger partial charge in [-0.1, -0.05) is 17.7 Å². The highest BCUT2D eigenvalue weighted by atomic mass is 35.5. The van der Waals surface area contributed by atoms with Crippen LogP contribution in [0.2, 0.25) is 5.02 Å². The molecular weight excluding hydrogens is 416 g/mol. The van der Waals surface area contributed by atoms with Crippen LogP contribution in [0.1, 0.15) is 34.8 Å². The minimum atomic E-state index is -0.154. The number of carbonyl (C=O) groups is 1. The van der Waals surface area contributed by atoms with Crippen molar-refractivity contribution in [2.75, 3.05) is 18.4 Å². The Hall–Kier alpha value is -2.44. The number of thiazole rings is 1. The zero-order valence-electron chi connectivity index (χ0n) is 16.8. The molecule has 2 bridgehead atoms. The average molecular weight is 439 g/mol. The molecule has 0 spiro atoms. The first-order valence-electron chi connectivity index (χ1n) is 10.2. The normalized spacial score (nSPS) is 22.5. The SMILES string of the molecule is Cc1nc(C(=O)N2CCC3CC2(CNc2ccc(Cl)cc2)C3)c(-c2ccccn2)s1. The monoisotopic (exact) mass is 438 g/mol. The number of fused-ring (bicyclic) bond motifs is 2. The van der Waals surface area contributed by atoms with E-state index >= 15 is 0 Å². The zero-order chi connectivity index (χ0) is 20.7. The van der Waals surface area contributed by atoms with Gasteiger partial charge in [-0.15, -0.1) is 11.3 Å². The molecule has 2 saturated heterocycles. The summed E-state index contributed by atoms with van der Waals surface area (Å²) >= 11 is 7.54. The van der Waals surface area contributed by atoms with Crippen LogP contribution in [-0.4, -0.2) is 39.4 Å². The summed E-state index contributed by atoms with van der Waals surface area (Å²) in [7, 11) is 0. The maximum atomic E-state index is 13.7. The third kappa shape index (κ3) is 3.48. The first-order chi connectivity index (χ1) is 14.5. The third-order valence-electron chi connectivity index (χ3n) is 6.22. The number of hydrogen-bond acceptors (Lipinski definition) is 5. The van der Waals surface area contributed by atoms with Crippen LogP contribution in [0.3, 0.4) is 0 Å². The van der Waals surface area contributed by atoms with Crippen LogP contribution >= 0.6 is 22.9 Å². The van der Waals surface area contributed by atoms with Gasteiger partial charge in [0.05, 0.1) is 21.1 Å². The summed E-state index contributed by atoms with van der Waals surface area (Å²) in [4.78, 5) is 25.7. The fraction of sp³-hybridized carbons (Fsp3) is 0.348. The Morgan fingerprint density at radius 2 is 2.07 bits per heavy atom. The lowest BCUT2D eigenvalue weighted by Crippen LogP contribution is -2.67. The Balaban J connectivity index is 1.41. The topological polar surface area (TPSA) is 58.1 Å². The van der Waals surface area contributed by atoms with E-state index in [9.17, 15) is 4.79 Å². The number of aromatic nitrogens is 2. The number of halogens is 1. The van der Waals surface area contributed by atoms with Gasteiger partial charge in [0.25, 0.3) is 5.91 Å².